The van der Waals surface area contributed by atoms with E-state index in [0.717, 1.165) is 27.0 Å². The molecule has 0 aliphatic carbocycles. The molecule has 0 radical (unpaired) electrons. The van der Waals surface area contributed by atoms with E-state index < -0.39 is 5.97 Å². The van der Waals surface area contributed by atoms with Crippen molar-refractivity contribution in [3.05, 3.63) is 94.0 Å². The zero-order chi connectivity index (χ0) is 18.4. The summed E-state index contributed by atoms with van der Waals surface area (Å²) in [5.41, 5.74) is 3.11. The van der Waals surface area contributed by atoms with Crippen LogP contribution in [0, 0.1) is 0 Å². The van der Waals surface area contributed by atoms with Gasteiger partial charge >= 0.3 is 5.97 Å². The van der Waals surface area contributed by atoms with Gasteiger partial charge in [-0.05, 0) is 42.0 Å². The molecule has 0 saturated carbocycles. The molecule has 0 fully saturated rings. The number of anilines is 1. The normalized spacial score (nSPS) is 10.3. The lowest BCUT2D eigenvalue weighted by Crippen LogP contribution is -2.04. The minimum Gasteiger partial charge on any atom is -0.489 e. The topological polar surface area (TPSA) is 58.6 Å². The number of benzene rings is 3. The molecule has 4 nitrogen and oxygen atoms in total. The summed E-state index contributed by atoms with van der Waals surface area (Å²) in [5, 5.41) is 12.3. The van der Waals surface area contributed by atoms with Gasteiger partial charge in [-0.15, -0.1) is 0 Å². The molecular formula is C21H18BrNO3. The summed E-state index contributed by atoms with van der Waals surface area (Å²) in [5.74, 6) is -0.135. The summed E-state index contributed by atoms with van der Waals surface area (Å²) in [4.78, 5) is 11.1. The van der Waals surface area contributed by atoms with Crippen molar-refractivity contribution in [2.45, 2.75) is 13.2 Å². The van der Waals surface area contributed by atoms with E-state index in [9.17, 15) is 4.79 Å². The van der Waals surface area contributed by atoms with E-state index in [2.05, 4.69) is 21.2 Å². The number of para-hydroxylation sites is 1. The van der Waals surface area contributed by atoms with Gasteiger partial charge in [0.2, 0.25) is 0 Å². The predicted octanol–water partition coefficient (Wildman–Crippen LogP) is 5.34. The Labute approximate surface area is 160 Å². The number of hydrogen-bond acceptors (Lipinski definition) is 3. The van der Waals surface area contributed by atoms with Crippen LogP contribution in [0.2, 0.25) is 0 Å². The van der Waals surface area contributed by atoms with Gasteiger partial charge in [-0.1, -0.05) is 52.3 Å². The van der Waals surface area contributed by atoms with E-state index >= 15 is 0 Å². The highest BCUT2D eigenvalue weighted by Gasteiger charge is 2.06. The zero-order valence-electron chi connectivity index (χ0n) is 14.0. The first-order valence-electron chi connectivity index (χ1n) is 8.14. The van der Waals surface area contributed by atoms with E-state index in [4.69, 9.17) is 9.84 Å². The first kappa shape index (κ1) is 18.0. The molecule has 5 heteroatoms. The number of hydrogen-bond donors (Lipinski definition) is 2. The summed E-state index contributed by atoms with van der Waals surface area (Å²) in [6.07, 6.45) is 0. The maximum absolute atomic E-state index is 11.1. The van der Waals surface area contributed by atoms with Gasteiger partial charge in [-0.2, -0.15) is 0 Å². The lowest BCUT2D eigenvalue weighted by molar-refractivity contribution is 0.0697. The van der Waals surface area contributed by atoms with Crippen LogP contribution in [0.15, 0.2) is 77.3 Å². The average molecular weight is 412 g/mol. The van der Waals surface area contributed by atoms with Crippen molar-refractivity contribution in [3.63, 3.8) is 0 Å². The van der Waals surface area contributed by atoms with Crippen LogP contribution < -0.4 is 10.1 Å². The first-order chi connectivity index (χ1) is 12.6. The fourth-order valence-electron chi connectivity index (χ4n) is 2.49. The SMILES string of the molecule is O=C(O)c1cccc(NCc2ccccc2OCc2ccc(Br)cc2)c1. The maximum atomic E-state index is 11.1. The summed E-state index contributed by atoms with van der Waals surface area (Å²) >= 11 is 3.42. The average Bonchev–Trinajstić information content (AvgIpc) is 2.67. The lowest BCUT2D eigenvalue weighted by Gasteiger charge is -2.13. The van der Waals surface area contributed by atoms with Crippen molar-refractivity contribution in [1.82, 2.24) is 0 Å². The molecule has 0 atom stereocenters. The minimum atomic E-state index is -0.938. The van der Waals surface area contributed by atoms with Crippen molar-refractivity contribution in [3.8, 4) is 5.75 Å². The highest BCUT2D eigenvalue weighted by Crippen LogP contribution is 2.22. The van der Waals surface area contributed by atoms with Gasteiger partial charge < -0.3 is 15.2 Å². The summed E-state index contributed by atoms with van der Waals surface area (Å²) < 4.78 is 7.00. The van der Waals surface area contributed by atoms with Crippen LogP contribution in [-0.4, -0.2) is 11.1 Å². The van der Waals surface area contributed by atoms with Gasteiger partial charge in [0.15, 0.2) is 0 Å². The number of carboxylic acid groups (broad SMARTS) is 1. The first-order valence-corrected chi connectivity index (χ1v) is 8.93. The standard InChI is InChI=1S/C21H18BrNO3/c22-18-10-8-15(9-11-18)14-26-20-7-2-1-4-17(20)13-23-19-6-3-5-16(12-19)21(24)25/h1-12,23H,13-14H2,(H,24,25). The summed E-state index contributed by atoms with van der Waals surface area (Å²) in [6, 6.07) is 22.6. The molecule has 0 spiro atoms. The third-order valence-corrected chi connectivity index (χ3v) is 4.40. The Morgan fingerprint density at radius 3 is 2.54 bits per heavy atom. The molecule has 0 saturated heterocycles. The van der Waals surface area contributed by atoms with Crippen molar-refractivity contribution < 1.29 is 14.6 Å². The quantitative estimate of drug-likeness (QED) is 0.550. The highest BCUT2D eigenvalue weighted by molar-refractivity contribution is 9.10. The lowest BCUT2D eigenvalue weighted by atomic mass is 10.1. The van der Waals surface area contributed by atoms with Crippen molar-refractivity contribution in [2.24, 2.45) is 0 Å². The van der Waals surface area contributed by atoms with Gasteiger partial charge in [-0.3, -0.25) is 0 Å². The van der Waals surface area contributed by atoms with Crippen LogP contribution in [0.3, 0.4) is 0 Å². The largest absolute Gasteiger partial charge is 0.489 e. The van der Waals surface area contributed by atoms with Crippen LogP contribution in [0.25, 0.3) is 0 Å². The molecular weight excluding hydrogens is 394 g/mol. The van der Waals surface area contributed by atoms with Gasteiger partial charge in [0.05, 0.1) is 5.56 Å². The molecule has 2 N–H and O–H groups in total. The molecule has 0 aliphatic rings. The number of carboxylic acids is 1. The maximum Gasteiger partial charge on any atom is 0.335 e. The molecule has 3 rings (SSSR count). The highest BCUT2D eigenvalue weighted by atomic mass is 79.9. The Balaban J connectivity index is 1.66. The third-order valence-electron chi connectivity index (χ3n) is 3.87. The van der Waals surface area contributed by atoms with Gasteiger partial charge in [0.1, 0.15) is 12.4 Å². The zero-order valence-corrected chi connectivity index (χ0v) is 15.6. The molecule has 132 valence electrons. The Morgan fingerprint density at radius 1 is 1.00 bits per heavy atom. The van der Waals surface area contributed by atoms with Crippen LogP contribution in [0.5, 0.6) is 5.75 Å². The summed E-state index contributed by atoms with van der Waals surface area (Å²) in [7, 11) is 0. The second-order valence-electron chi connectivity index (χ2n) is 5.76. The number of nitrogens with one attached hydrogen (secondary N) is 1. The van der Waals surface area contributed by atoms with Crippen LogP contribution >= 0.6 is 15.9 Å². The Morgan fingerprint density at radius 2 is 1.77 bits per heavy atom. The number of ether oxygens (including phenoxy) is 1. The number of carbonyl (C=O) groups is 1. The molecule has 3 aromatic carbocycles. The Hall–Kier alpha value is -2.79. The number of rotatable bonds is 7. The van der Waals surface area contributed by atoms with Crippen molar-refractivity contribution >= 4 is 27.6 Å². The van der Waals surface area contributed by atoms with Gasteiger partial charge in [0.25, 0.3) is 0 Å². The van der Waals surface area contributed by atoms with Crippen molar-refractivity contribution in [2.75, 3.05) is 5.32 Å². The second kappa shape index (κ2) is 8.54. The van der Waals surface area contributed by atoms with Gasteiger partial charge in [-0.25, -0.2) is 4.79 Å². The molecule has 0 aromatic heterocycles. The molecule has 0 unspecified atom stereocenters. The van der Waals surface area contributed by atoms with Gasteiger partial charge in [0, 0.05) is 22.3 Å². The molecule has 0 aliphatic heterocycles. The fraction of sp³-hybridized carbons (Fsp3) is 0.0952. The monoisotopic (exact) mass is 411 g/mol. The third kappa shape index (κ3) is 4.86. The Bertz CT molecular complexity index is 894. The van der Waals surface area contributed by atoms with Crippen LogP contribution in [0.1, 0.15) is 21.5 Å². The molecule has 0 heterocycles. The molecule has 3 aromatic rings. The molecule has 0 amide bonds. The van der Waals surface area contributed by atoms with E-state index in [1.54, 1.807) is 18.2 Å². The number of aromatic carboxylic acids is 1. The van der Waals surface area contributed by atoms with E-state index in [0.29, 0.717) is 13.2 Å². The van der Waals surface area contributed by atoms with Crippen LogP contribution in [-0.2, 0) is 13.2 Å². The van der Waals surface area contributed by atoms with Crippen LogP contribution in [0.4, 0.5) is 5.69 Å². The fourth-order valence-corrected chi connectivity index (χ4v) is 2.76. The summed E-state index contributed by atoms with van der Waals surface area (Å²) in [6.45, 7) is 1.03. The van der Waals surface area contributed by atoms with Crippen molar-refractivity contribution in [1.29, 1.82) is 0 Å². The molecule has 26 heavy (non-hydrogen) atoms. The molecule has 0 bridgehead atoms. The number of halogens is 1. The second-order valence-corrected chi connectivity index (χ2v) is 6.68. The van der Waals surface area contributed by atoms with E-state index in [1.165, 1.54) is 0 Å². The smallest absolute Gasteiger partial charge is 0.335 e. The van der Waals surface area contributed by atoms with E-state index in [1.807, 2.05) is 54.6 Å². The Kier molecular flexibility index (Phi) is 5.92. The predicted molar refractivity (Wildman–Crippen MR) is 106 cm³/mol. The van der Waals surface area contributed by atoms with E-state index in [-0.39, 0.29) is 5.56 Å². The minimum absolute atomic E-state index is 0.259.